The molecule has 5 rings (SSSR count). The molecular weight excluding hydrogens is 586 g/mol. The van der Waals surface area contributed by atoms with E-state index < -0.39 is 0 Å². The van der Waals surface area contributed by atoms with E-state index in [-0.39, 0.29) is 5.56 Å². The molecule has 2 heterocycles. The Hall–Kier alpha value is -2.94. The molecule has 34 heavy (non-hydrogen) atoms. The predicted octanol–water partition coefficient (Wildman–Crippen LogP) is 7.27. The second kappa shape index (κ2) is 9.37. The van der Waals surface area contributed by atoms with E-state index >= 15 is 0 Å². The third-order valence-electron chi connectivity index (χ3n) is 5.08. The molecule has 0 amide bonds. The zero-order chi connectivity index (χ0) is 23.8. The van der Waals surface area contributed by atoms with Gasteiger partial charge in [-0.2, -0.15) is 9.78 Å². The van der Waals surface area contributed by atoms with Crippen LogP contribution >= 0.6 is 43.5 Å². The number of halogens is 3. The summed E-state index contributed by atoms with van der Waals surface area (Å²) in [5, 5.41) is 6.24. The van der Waals surface area contributed by atoms with Gasteiger partial charge in [-0.25, -0.2) is 4.98 Å². The number of hydrogen-bond donors (Lipinski definition) is 0. The van der Waals surface area contributed by atoms with Gasteiger partial charge in [0.2, 0.25) is 5.82 Å². The summed E-state index contributed by atoms with van der Waals surface area (Å²) < 4.78 is 14.4. The van der Waals surface area contributed by atoms with E-state index in [1.807, 2.05) is 43.3 Å². The first-order valence-corrected chi connectivity index (χ1v) is 12.3. The zero-order valence-electron chi connectivity index (χ0n) is 17.8. The molecule has 2 aromatic heterocycles. The van der Waals surface area contributed by atoms with E-state index in [2.05, 4.69) is 37.0 Å². The number of furan rings is 1. The number of hydrogen-bond acceptors (Lipinski definition) is 5. The van der Waals surface area contributed by atoms with Crippen LogP contribution in [0.25, 0.3) is 33.5 Å². The van der Waals surface area contributed by atoms with E-state index in [0.29, 0.717) is 55.5 Å². The third-order valence-corrected chi connectivity index (χ3v) is 6.45. The van der Waals surface area contributed by atoms with Crippen molar-refractivity contribution in [3.8, 4) is 17.3 Å². The molecule has 170 valence electrons. The Morgan fingerprint density at radius 3 is 2.76 bits per heavy atom. The van der Waals surface area contributed by atoms with E-state index in [0.717, 1.165) is 9.86 Å². The van der Waals surface area contributed by atoms with Gasteiger partial charge in [-0.1, -0.05) is 39.7 Å². The van der Waals surface area contributed by atoms with E-state index in [4.69, 9.17) is 25.7 Å². The smallest absolute Gasteiger partial charge is 0.282 e. The number of benzene rings is 3. The largest absolute Gasteiger partial charge is 0.491 e. The summed E-state index contributed by atoms with van der Waals surface area (Å²) >= 11 is 13.3. The SMILES string of the molecule is CCOc1c(Cl)cc(C=Nn2c(-c3cc4cc(Br)ccc4o3)nc3ccccc3c2=O)cc1Br. The molecule has 0 fully saturated rings. The maximum atomic E-state index is 13.4. The van der Waals surface area contributed by atoms with Gasteiger partial charge in [-0.05, 0) is 76.9 Å². The molecule has 0 N–H and O–H groups in total. The van der Waals surface area contributed by atoms with Gasteiger partial charge in [-0.3, -0.25) is 4.79 Å². The van der Waals surface area contributed by atoms with Crippen molar-refractivity contribution in [1.82, 2.24) is 9.66 Å². The topological polar surface area (TPSA) is 69.6 Å². The Morgan fingerprint density at radius 2 is 1.97 bits per heavy atom. The van der Waals surface area contributed by atoms with Crippen LogP contribution in [0, 0.1) is 0 Å². The highest BCUT2D eigenvalue weighted by Crippen LogP contribution is 2.34. The van der Waals surface area contributed by atoms with Crippen molar-refractivity contribution in [2.24, 2.45) is 5.10 Å². The number of fused-ring (bicyclic) bond motifs is 2. The maximum absolute atomic E-state index is 13.4. The average molecular weight is 602 g/mol. The van der Waals surface area contributed by atoms with Gasteiger partial charge in [0.05, 0.1) is 33.2 Å². The number of ether oxygens (including phenoxy) is 1. The fourth-order valence-electron chi connectivity index (χ4n) is 3.58. The van der Waals surface area contributed by atoms with Crippen molar-refractivity contribution in [2.75, 3.05) is 6.61 Å². The first-order chi connectivity index (χ1) is 16.4. The standard InChI is InChI=1S/C25H16Br2ClN3O3/c1-2-33-23-18(27)9-14(10-19(23)28)13-29-31-24(30-20-6-4-3-5-17(20)25(31)32)22-12-15-11-16(26)7-8-21(15)34-22/h3-13H,2H2,1H3. The minimum Gasteiger partial charge on any atom is -0.491 e. The second-order valence-electron chi connectivity index (χ2n) is 7.35. The van der Waals surface area contributed by atoms with Crippen LogP contribution < -0.4 is 10.3 Å². The summed E-state index contributed by atoms with van der Waals surface area (Å²) in [5.74, 6) is 1.28. The molecule has 0 aliphatic rings. The molecule has 9 heteroatoms. The monoisotopic (exact) mass is 599 g/mol. The molecule has 0 aliphatic carbocycles. The molecule has 0 radical (unpaired) electrons. The quantitative estimate of drug-likeness (QED) is 0.199. The fourth-order valence-corrected chi connectivity index (χ4v) is 4.94. The van der Waals surface area contributed by atoms with Crippen LogP contribution in [0.3, 0.4) is 0 Å². The van der Waals surface area contributed by atoms with Crippen LogP contribution in [0.5, 0.6) is 5.75 Å². The van der Waals surface area contributed by atoms with Gasteiger partial charge in [0, 0.05) is 9.86 Å². The predicted molar refractivity (Wildman–Crippen MR) is 142 cm³/mol. The molecule has 0 atom stereocenters. The molecule has 0 saturated carbocycles. The molecule has 0 spiro atoms. The van der Waals surface area contributed by atoms with Crippen LogP contribution in [-0.2, 0) is 0 Å². The summed E-state index contributed by atoms with van der Waals surface area (Å²) in [5.41, 5.74) is 1.61. The Labute approximate surface area is 216 Å². The van der Waals surface area contributed by atoms with Crippen LogP contribution in [0.2, 0.25) is 5.02 Å². The van der Waals surface area contributed by atoms with Crippen molar-refractivity contribution in [2.45, 2.75) is 6.92 Å². The first-order valence-electron chi connectivity index (χ1n) is 10.3. The summed E-state index contributed by atoms with van der Waals surface area (Å²) in [6.07, 6.45) is 1.55. The van der Waals surface area contributed by atoms with Gasteiger partial charge >= 0.3 is 0 Å². The highest BCUT2D eigenvalue weighted by Gasteiger charge is 2.17. The van der Waals surface area contributed by atoms with Gasteiger partial charge < -0.3 is 9.15 Å². The van der Waals surface area contributed by atoms with Crippen molar-refractivity contribution < 1.29 is 9.15 Å². The normalized spacial score (nSPS) is 11.6. The van der Waals surface area contributed by atoms with Crippen LogP contribution in [-0.4, -0.2) is 22.5 Å². The summed E-state index contributed by atoms with van der Waals surface area (Å²) in [7, 11) is 0. The minimum atomic E-state index is -0.311. The van der Waals surface area contributed by atoms with E-state index in [1.54, 1.807) is 30.5 Å². The number of nitrogens with zero attached hydrogens (tertiary/aromatic N) is 3. The zero-order valence-corrected chi connectivity index (χ0v) is 21.7. The first kappa shape index (κ1) is 22.8. The van der Waals surface area contributed by atoms with Gasteiger partial charge in [-0.15, -0.1) is 0 Å². The molecule has 0 saturated heterocycles. The number of aromatic nitrogens is 2. The van der Waals surface area contributed by atoms with Crippen LogP contribution in [0.4, 0.5) is 0 Å². The minimum absolute atomic E-state index is 0.295. The van der Waals surface area contributed by atoms with Gasteiger partial charge in [0.25, 0.3) is 5.56 Å². The second-order valence-corrected chi connectivity index (χ2v) is 9.53. The number of para-hydroxylation sites is 1. The maximum Gasteiger partial charge on any atom is 0.282 e. The van der Waals surface area contributed by atoms with E-state index in [1.165, 1.54) is 4.68 Å². The number of rotatable bonds is 5. The Morgan fingerprint density at radius 1 is 1.15 bits per heavy atom. The molecule has 3 aromatic carbocycles. The lowest BCUT2D eigenvalue weighted by Crippen LogP contribution is -2.20. The molecule has 5 aromatic rings. The third kappa shape index (κ3) is 4.29. The van der Waals surface area contributed by atoms with Crippen LogP contribution in [0.15, 0.2) is 83.9 Å². The lowest BCUT2D eigenvalue weighted by molar-refractivity contribution is 0.338. The lowest BCUT2D eigenvalue weighted by Gasteiger charge is -2.09. The summed E-state index contributed by atoms with van der Waals surface area (Å²) in [6.45, 7) is 2.37. The highest BCUT2D eigenvalue weighted by atomic mass is 79.9. The molecule has 0 aliphatic heterocycles. The van der Waals surface area contributed by atoms with Crippen molar-refractivity contribution in [3.05, 3.63) is 90.5 Å². The van der Waals surface area contributed by atoms with Gasteiger partial charge in [0.15, 0.2) is 11.5 Å². The van der Waals surface area contributed by atoms with Crippen LogP contribution in [0.1, 0.15) is 12.5 Å². The molecule has 0 bridgehead atoms. The molecule has 0 unspecified atom stereocenters. The van der Waals surface area contributed by atoms with Gasteiger partial charge in [0.1, 0.15) is 5.58 Å². The fraction of sp³-hybridized carbons (Fsp3) is 0.0800. The highest BCUT2D eigenvalue weighted by molar-refractivity contribution is 9.10. The lowest BCUT2D eigenvalue weighted by atomic mass is 10.2. The van der Waals surface area contributed by atoms with E-state index in [9.17, 15) is 4.79 Å². The Kier molecular flexibility index (Phi) is 6.29. The Bertz CT molecular complexity index is 1620. The summed E-state index contributed by atoms with van der Waals surface area (Å²) in [4.78, 5) is 18.1. The van der Waals surface area contributed by atoms with Crippen molar-refractivity contribution >= 4 is 71.5 Å². The summed E-state index contributed by atoms with van der Waals surface area (Å²) in [6, 6.07) is 18.2. The van der Waals surface area contributed by atoms with Crippen molar-refractivity contribution in [3.63, 3.8) is 0 Å². The molecule has 6 nitrogen and oxygen atoms in total. The molecular formula is C25H16Br2ClN3O3. The average Bonchev–Trinajstić information content (AvgIpc) is 3.24. The Balaban J connectivity index is 1.68. The van der Waals surface area contributed by atoms with Crippen molar-refractivity contribution in [1.29, 1.82) is 0 Å².